The molecule has 0 saturated heterocycles. The lowest BCUT2D eigenvalue weighted by atomic mass is 10.2. The average molecular weight is 263 g/mol. The number of aromatic nitrogens is 2. The molecule has 5 heteroatoms. The normalized spacial score (nSPS) is 12.3. The fourth-order valence-electron chi connectivity index (χ4n) is 1.78. The lowest BCUT2D eigenvalue weighted by molar-refractivity contribution is -0.121. The minimum atomic E-state index is 0.0783. The molecule has 96 valence electrons. The van der Waals surface area contributed by atoms with Crippen LogP contribution in [0.15, 0.2) is 36.0 Å². The van der Waals surface area contributed by atoms with E-state index in [1.807, 2.05) is 25.3 Å². The van der Waals surface area contributed by atoms with Gasteiger partial charge in [-0.25, -0.2) is 0 Å². The van der Waals surface area contributed by atoms with Crippen molar-refractivity contribution in [2.75, 3.05) is 0 Å². The number of aryl methyl sites for hydroxylation is 1. The summed E-state index contributed by atoms with van der Waals surface area (Å²) in [6.45, 7) is 2.66. The predicted molar refractivity (Wildman–Crippen MR) is 72.5 cm³/mol. The van der Waals surface area contributed by atoms with Crippen molar-refractivity contribution in [1.29, 1.82) is 0 Å². The van der Waals surface area contributed by atoms with Gasteiger partial charge in [-0.3, -0.25) is 9.48 Å². The number of thiophene rings is 1. The van der Waals surface area contributed by atoms with E-state index in [2.05, 4.69) is 21.9 Å². The Bertz CT molecular complexity index is 464. The lowest BCUT2D eigenvalue weighted by Crippen LogP contribution is -2.34. The standard InChI is InChI=1S/C13H17N3OS/c1-11(10-12-4-2-9-18-12)15-13(17)5-8-16-7-3-6-14-16/h2-4,6-7,9,11H,5,8,10H2,1H3,(H,15,17)/t11-/m1/s1. The molecule has 0 radical (unpaired) electrons. The predicted octanol–water partition coefficient (Wildman–Crippen LogP) is 2.08. The summed E-state index contributed by atoms with van der Waals surface area (Å²) in [4.78, 5) is 13.0. The average Bonchev–Trinajstić information content (AvgIpc) is 2.98. The third-order valence-corrected chi connectivity index (χ3v) is 3.52. The van der Waals surface area contributed by atoms with Crippen LogP contribution in [-0.2, 0) is 17.8 Å². The Morgan fingerprint density at radius 1 is 1.56 bits per heavy atom. The summed E-state index contributed by atoms with van der Waals surface area (Å²) in [6, 6.07) is 6.16. The van der Waals surface area contributed by atoms with Crippen LogP contribution < -0.4 is 5.32 Å². The highest BCUT2D eigenvalue weighted by atomic mass is 32.1. The first-order chi connectivity index (χ1) is 8.74. The number of carbonyl (C=O) groups is 1. The Morgan fingerprint density at radius 2 is 2.44 bits per heavy atom. The van der Waals surface area contributed by atoms with Crippen molar-refractivity contribution in [3.8, 4) is 0 Å². The Morgan fingerprint density at radius 3 is 3.11 bits per heavy atom. The monoisotopic (exact) mass is 263 g/mol. The summed E-state index contributed by atoms with van der Waals surface area (Å²) < 4.78 is 1.77. The number of carbonyl (C=O) groups excluding carboxylic acids is 1. The zero-order valence-electron chi connectivity index (χ0n) is 10.4. The molecule has 0 aliphatic rings. The van der Waals surface area contributed by atoms with Crippen LogP contribution in [0.25, 0.3) is 0 Å². The molecule has 2 rings (SSSR count). The van der Waals surface area contributed by atoms with Gasteiger partial charge in [0, 0.05) is 42.7 Å². The maximum Gasteiger partial charge on any atom is 0.222 e. The summed E-state index contributed by atoms with van der Waals surface area (Å²) in [6.07, 6.45) is 4.95. The Labute approximate surface area is 111 Å². The maximum atomic E-state index is 11.7. The van der Waals surface area contributed by atoms with Crippen molar-refractivity contribution < 1.29 is 4.79 Å². The highest BCUT2D eigenvalue weighted by Gasteiger charge is 2.08. The third-order valence-electron chi connectivity index (χ3n) is 2.62. The van der Waals surface area contributed by atoms with Gasteiger partial charge in [-0.1, -0.05) is 6.07 Å². The molecular weight excluding hydrogens is 246 g/mol. The van der Waals surface area contributed by atoms with Gasteiger partial charge in [0.15, 0.2) is 0 Å². The van der Waals surface area contributed by atoms with Crippen molar-refractivity contribution in [3.63, 3.8) is 0 Å². The molecule has 0 aliphatic heterocycles. The van der Waals surface area contributed by atoms with E-state index in [1.165, 1.54) is 4.88 Å². The molecule has 2 heterocycles. The van der Waals surface area contributed by atoms with E-state index in [9.17, 15) is 4.79 Å². The van der Waals surface area contributed by atoms with Gasteiger partial charge in [0.05, 0.1) is 0 Å². The fraction of sp³-hybridized carbons (Fsp3) is 0.385. The van der Waals surface area contributed by atoms with E-state index in [1.54, 1.807) is 22.2 Å². The molecular formula is C13H17N3OS. The molecule has 2 aromatic heterocycles. The second-order valence-electron chi connectivity index (χ2n) is 4.27. The Balaban J connectivity index is 1.70. The van der Waals surface area contributed by atoms with Gasteiger partial charge >= 0.3 is 0 Å². The third kappa shape index (κ3) is 4.00. The zero-order chi connectivity index (χ0) is 12.8. The number of nitrogens with zero attached hydrogens (tertiary/aromatic N) is 2. The number of nitrogens with one attached hydrogen (secondary N) is 1. The van der Waals surface area contributed by atoms with Crippen molar-refractivity contribution in [1.82, 2.24) is 15.1 Å². The van der Waals surface area contributed by atoms with Crippen LogP contribution in [0.4, 0.5) is 0 Å². The van der Waals surface area contributed by atoms with Gasteiger partial charge in [0.2, 0.25) is 5.91 Å². The highest BCUT2D eigenvalue weighted by Crippen LogP contribution is 2.10. The van der Waals surface area contributed by atoms with Crippen LogP contribution in [0.5, 0.6) is 0 Å². The molecule has 0 bridgehead atoms. The molecule has 0 fully saturated rings. The Hall–Kier alpha value is -1.62. The first kappa shape index (κ1) is 12.8. The van der Waals surface area contributed by atoms with Gasteiger partial charge < -0.3 is 5.32 Å². The van der Waals surface area contributed by atoms with Crippen molar-refractivity contribution >= 4 is 17.2 Å². The molecule has 0 spiro atoms. The zero-order valence-corrected chi connectivity index (χ0v) is 11.2. The van der Waals surface area contributed by atoms with Gasteiger partial charge in [-0.2, -0.15) is 5.10 Å². The molecule has 0 aliphatic carbocycles. The lowest BCUT2D eigenvalue weighted by Gasteiger charge is -2.12. The first-order valence-electron chi connectivity index (χ1n) is 6.03. The van der Waals surface area contributed by atoms with Gasteiger partial charge in [-0.15, -0.1) is 11.3 Å². The van der Waals surface area contributed by atoms with Gasteiger partial charge in [-0.05, 0) is 24.4 Å². The Kier molecular flexibility index (Phi) is 4.52. The molecule has 0 unspecified atom stereocenters. The van der Waals surface area contributed by atoms with Crippen LogP contribution in [0.2, 0.25) is 0 Å². The van der Waals surface area contributed by atoms with Crippen molar-refractivity contribution in [3.05, 3.63) is 40.8 Å². The number of rotatable bonds is 6. The van der Waals surface area contributed by atoms with E-state index in [4.69, 9.17) is 0 Å². The van der Waals surface area contributed by atoms with Crippen LogP contribution in [0, 0.1) is 0 Å². The van der Waals surface area contributed by atoms with Gasteiger partial charge in [0.25, 0.3) is 0 Å². The summed E-state index contributed by atoms with van der Waals surface area (Å²) in [7, 11) is 0. The van der Waals surface area contributed by atoms with Crippen LogP contribution in [-0.4, -0.2) is 21.7 Å². The number of amides is 1. The molecule has 1 N–H and O–H groups in total. The number of hydrogen-bond acceptors (Lipinski definition) is 3. The quantitative estimate of drug-likeness (QED) is 0.867. The minimum absolute atomic E-state index is 0.0783. The molecule has 2 aromatic rings. The summed E-state index contributed by atoms with van der Waals surface area (Å²) in [5.41, 5.74) is 0. The molecule has 4 nitrogen and oxygen atoms in total. The van der Waals surface area contributed by atoms with E-state index in [-0.39, 0.29) is 11.9 Å². The molecule has 0 aromatic carbocycles. The van der Waals surface area contributed by atoms with E-state index >= 15 is 0 Å². The second-order valence-corrected chi connectivity index (χ2v) is 5.30. The summed E-state index contributed by atoms with van der Waals surface area (Å²) >= 11 is 1.72. The largest absolute Gasteiger partial charge is 0.353 e. The SMILES string of the molecule is C[C@H](Cc1cccs1)NC(=O)CCn1cccn1. The number of hydrogen-bond donors (Lipinski definition) is 1. The minimum Gasteiger partial charge on any atom is -0.353 e. The van der Waals surface area contributed by atoms with Crippen molar-refractivity contribution in [2.45, 2.75) is 32.4 Å². The van der Waals surface area contributed by atoms with E-state index in [0.29, 0.717) is 13.0 Å². The van der Waals surface area contributed by atoms with Gasteiger partial charge in [0.1, 0.15) is 0 Å². The van der Waals surface area contributed by atoms with E-state index in [0.717, 1.165) is 6.42 Å². The topological polar surface area (TPSA) is 46.9 Å². The summed E-state index contributed by atoms with van der Waals surface area (Å²) in [5, 5.41) is 9.13. The molecule has 18 heavy (non-hydrogen) atoms. The van der Waals surface area contributed by atoms with E-state index < -0.39 is 0 Å². The van der Waals surface area contributed by atoms with Crippen LogP contribution in [0.3, 0.4) is 0 Å². The molecule has 0 saturated carbocycles. The smallest absolute Gasteiger partial charge is 0.222 e. The maximum absolute atomic E-state index is 11.7. The van der Waals surface area contributed by atoms with Crippen LogP contribution in [0.1, 0.15) is 18.2 Å². The second kappa shape index (κ2) is 6.35. The fourth-order valence-corrected chi connectivity index (χ4v) is 2.61. The first-order valence-corrected chi connectivity index (χ1v) is 6.91. The van der Waals surface area contributed by atoms with Crippen LogP contribution >= 0.6 is 11.3 Å². The highest BCUT2D eigenvalue weighted by molar-refractivity contribution is 7.09. The van der Waals surface area contributed by atoms with Crippen molar-refractivity contribution in [2.24, 2.45) is 0 Å². The molecule has 1 amide bonds. The summed E-state index contributed by atoms with van der Waals surface area (Å²) in [5.74, 6) is 0.0783. The molecule has 1 atom stereocenters.